The number of hydrogen-bond acceptors (Lipinski definition) is 2. The number of rotatable bonds is 4. The summed E-state index contributed by atoms with van der Waals surface area (Å²) in [5.74, 6) is 2.07. The van der Waals surface area contributed by atoms with Crippen LogP contribution in [0.5, 0.6) is 0 Å². The molecule has 0 N–H and O–H groups in total. The van der Waals surface area contributed by atoms with Crippen molar-refractivity contribution in [1.82, 2.24) is 27.9 Å². The van der Waals surface area contributed by atoms with Crippen molar-refractivity contribution in [3.8, 4) is 22.5 Å². The van der Waals surface area contributed by atoms with E-state index in [1.165, 1.54) is 35.1 Å². The van der Waals surface area contributed by atoms with Crippen LogP contribution in [0, 0.1) is 13.8 Å². The van der Waals surface area contributed by atoms with E-state index in [-0.39, 0.29) is 5.56 Å². The van der Waals surface area contributed by atoms with Gasteiger partial charge in [0.1, 0.15) is 0 Å². The Morgan fingerprint density at radius 3 is 1.71 bits per heavy atom. The van der Waals surface area contributed by atoms with Crippen molar-refractivity contribution in [2.24, 2.45) is 0 Å². The van der Waals surface area contributed by atoms with Crippen LogP contribution in [0.1, 0.15) is 52.4 Å². The zero-order valence-electron chi connectivity index (χ0n) is 31.2. The fourth-order valence-corrected chi connectivity index (χ4v) is 8.82. The maximum Gasteiger partial charge on any atom is 0.220 e. The Morgan fingerprint density at radius 2 is 1.08 bits per heavy atom. The number of hydrogen-bond donors (Lipinski definition) is 0. The summed E-state index contributed by atoms with van der Waals surface area (Å²) in [6.07, 6.45) is 4.77. The van der Waals surface area contributed by atoms with Crippen LogP contribution >= 0.6 is 0 Å². The Morgan fingerprint density at radius 1 is 0.549 bits per heavy atom. The summed E-state index contributed by atoms with van der Waals surface area (Å²) in [6, 6.07) is 44.4. The maximum absolute atomic E-state index is 8.22. The highest BCUT2D eigenvalue weighted by molar-refractivity contribution is 5.94. The van der Waals surface area contributed by atoms with Gasteiger partial charge < -0.3 is 0 Å². The summed E-state index contributed by atoms with van der Waals surface area (Å²) in [4.78, 5) is 10.2. The van der Waals surface area contributed by atoms with Crippen molar-refractivity contribution in [3.63, 3.8) is 0 Å². The molecule has 6 nitrogen and oxygen atoms in total. The minimum atomic E-state index is -2.27. The number of para-hydroxylation sites is 6. The summed E-state index contributed by atoms with van der Waals surface area (Å²) >= 11 is 0. The maximum atomic E-state index is 8.22. The summed E-state index contributed by atoms with van der Waals surface area (Å²) in [5, 5.41) is 0. The zero-order chi connectivity index (χ0) is 36.3. The van der Waals surface area contributed by atoms with Gasteiger partial charge in [-0.15, -0.1) is 0 Å². The monoisotopic (exact) mass is 663 g/mol. The molecule has 4 aromatic heterocycles. The van der Waals surface area contributed by atoms with E-state index < -0.39 is 6.85 Å². The molecule has 6 heteroatoms. The van der Waals surface area contributed by atoms with Gasteiger partial charge >= 0.3 is 0 Å². The lowest BCUT2D eigenvalue weighted by Crippen LogP contribution is -2.02. The quantitative estimate of drug-likeness (QED) is 0.188. The van der Waals surface area contributed by atoms with Crippen molar-refractivity contribution >= 4 is 55.7 Å². The fraction of sp³-hybridized carbons (Fsp3) is 0.156. The predicted octanol–water partition coefficient (Wildman–Crippen LogP) is 11.1. The van der Waals surface area contributed by atoms with Crippen molar-refractivity contribution in [2.45, 2.75) is 45.4 Å². The first-order valence-electron chi connectivity index (χ1n) is 19.4. The highest BCUT2D eigenvalue weighted by Gasteiger charge is 2.24. The average Bonchev–Trinajstić information content (AvgIpc) is 4.01. The second kappa shape index (κ2) is 10.7. The number of benzene rings is 6. The number of nitrogens with zero attached hydrogens (tertiary/aromatic N) is 6. The molecular weight excluding hydrogens is 625 g/mol. The van der Waals surface area contributed by atoms with Gasteiger partial charge in [-0.25, -0.2) is 9.97 Å². The molecule has 51 heavy (non-hydrogen) atoms. The van der Waals surface area contributed by atoms with Gasteiger partial charge in [0.25, 0.3) is 0 Å². The Bertz CT molecular complexity index is 3110. The van der Waals surface area contributed by atoms with Gasteiger partial charge in [-0.2, -0.15) is 0 Å². The van der Waals surface area contributed by atoms with Gasteiger partial charge in [0.15, 0.2) is 0 Å². The first kappa shape index (κ1) is 25.8. The first-order valence-corrected chi connectivity index (χ1v) is 17.9. The minimum absolute atomic E-state index is 0.273. The van der Waals surface area contributed by atoms with Crippen molar-refractivity contribution in [1.29, 1.82) is 0 Å². The summed E-state index contributed by atoms with van der Waals surface area (Å²) in [6.45, 7) is -0.142. The van der Waals surface area contributed by atoms with E-state index in [1.807, 2.05) is 18.2 Å². The first-order chi connectivity index (χ1) is 26.3. The van der Waals surface area contributed by atoms with E-state index in [1.54, 1.807) is 6.07 Å². The molecule has 0 aliphatic heterocycles. The summed E-state index contributed by atoms with van der Waals surface area (Å²) < 4.78 is 33.5. The summed E-state index contributed by atoms with van der Waals surface area (Å²) in [5.41, 5.74) is 15.0. The number of imidazole rings is 4. The third-order valence-electron chi connectivity index (χ3n) is 11.2. The van der Waals surface area contributed by atoms with Crippen LogP contribution in [0.15, 0.2) is 127 Å². The molecule has 4 heterocycles. The van der Waals surface area contributed by atoms with Crippen LogP contribution in [0.4, 0.5) is 0 Å². The van der Waals surface area contributed by atoms with Crippen LogP contribution in [-0.4, -0.2) is 27.9 Å². The van der Waals surface area contributed by atoms with E-state index in [0.29, 0.717) is 17.2 Å². The van der Waals surface area contributed by atoms with E-state index in [2.05, 4.69) is 128 Å². The van der Waals surface area contributed by atoms with Gasteiger partial charge in [-0.05, 0) is 121 Å². The van der Waals surface area contributed by atoms with E-state index in [4.69, 9.17) is 14.1 Å². The Hall–Kier alpha value is -6.14. The van der Waals surface area contributed by atoms with Gasteiger partial charge in [-0.3, -0.25) is 17.9 Å². The topological polar surface area (TPSA) is 44.5 Å². The fourth-order valence-electron chi connectivity index (χ4n) is 8.82. The molecule has 0 spiro atoms. The Labute approximate surface area is 299 Å². The SMILES string of the molecule is [2H]C([2H])([2H])c1cccc2c1nc1n(-c3ccc(-c4ccc(-n5c6ccccc6n6c7cccc(C)c7nc56)cc4)c(C4CCCC4)c3)c3ccccc3n21. The zero-order valence-corrected chi connectivity index (χ0v) is 28.2. The molecule has 1 saturated carbocycles. The highest BCUT2D eigenvalue weighted by Crippen LogP contribution is 2.42. The minimum Gasteiger partial charge on any atom is -0.278 e. The van der Waals surface area contributed by atoms with Crippen LogP contribution in [0.2, 0.25) is 0 Å². The van der Waals surface area contributed by atoms with Crippen molar-refractivity contribution in [2.75, 3.05) is 0 Å². The second-order valence-corrected chi connectivity index (χ2v) is 14.1. The van der Waals surface area contributed by atoms with Gasteiger partial charge in [0.2, 0.25) is 11.6 Å². The lowest BCUT2D eigenvalue weighted by Gasteiger charge is -2.19. The van der Waals surface area contributed by atoms with Crippen LogP contribution in [0.3, 0.4) is 0 Å². The molecule has 0 atom stereocenters. The number of aryl methyl sites for hydroxylation is 2. The molecule has 11 rings (SSSR count). The molecule has 0 radical (unpaired) electrons. The molecule has 0 unspecified atom stereocenters. The third kappa shape index (κ3) is 4.04. The molecule has 10 aromatic rings. The molecule has 246 valence electrons. The third-order valence-corrected chi connectivity index (χ3v) is 11.2. The summed E-state index contributed by atoms with van der Waals surface area (Å²) in [7, 11) is 0. The molecule has 1 aliphatic carbocycles. The van der Waals surface area contributed by atoms with E-state index in [0.717, 1.165) is 68.6 Å². The Balaban J connectivity index is 1.08. The lowest BCUT2D eigenvalue weighted by atomic mass is 9.89. The average molecular weight is 664 g/mol. The smallest absolute Gasteiger partial charge is 0.220 e. The molecule has 0 saturated heterocycles. The van der Waals surface area contributed by atoms with Crippen molar-refractivity contribution < 1.29 is 4.11 Å². The van der Waals surface area contributed by atoms with E-state index in [9.17, 15) is 0 Å². The highest BCUT2D eigenvalue weighted by atomic mass is 15.2. The number of aromatic nitrogens is 6. The molecule has 1 fully saturated rings. The normalized spacial score (nSPS) is 15.2. The molecule has 6 aromatic carbocycles. The molecule has 1 aliphatic rings. The van der Waals surface area contributed by atoms with Crippen LogP contribution in [0.25, 0.3) is 78.2 Å². The largest absolute Gasteiger partial charge is 0.278 e. The lowest BCUT2D eigenvalue weighted by molar-refractivity contribution is 0.724. The Kier molecular flexibility index (Phi) is 5.40. The molecular formula is C45H36N6. The van der Waals surface area contributed by atoms with Gasteiger partial charge in [-0.1, -0.05) is 79.6 Å². The van der Waals surface area contributed by atoms with Crippen LogP contribution < -0.4 is 0 Å². The molecule has 0 amide bonds. The van der Waals surface area contributed by atoms with Gasteiger partial charge in [0, 0.05) is 15.5 Å². The van der Waals surface area contributed by atoms with Crippen LogP contribution in [-0.2, 0) is 0 Å². The van der Waals surface area contributed by atoms with E-state index >= 15 is 0 Å². The predicted molar refractivity (Wildman–Crippen MR) is 209 cm³/mol. The van der Waals surface area contributed by atoms with Gasteiger partial charge in [0.05, 0.1) is 44.1 Å². The molecule has 0 bridgehead atoms. The standard InChI is InChI=1S/C45H36N6/c1-28-11-9-19-40-42(28)46-44-48(36-15-5-7-17-38(36)50(40)44)32-23-21-31(22-24-32)34-26-25-33(27-35(34)30-13-3-4-14-30)49-37-16-6-8-18-39(37)51-41-20-10-12-29(2)43(41)47-45(49)51/h5-12,15-27,30H,3-4,13-14H2,1-2H3/i2D3. The number of fused-ring (bicyclic) bond motifs is 10. The van der Waals surface area contributed by atoms with Crippen molar-refractivity contribution in [3.05, 3.63) is 144 Å². The second-order valence-electron chi connectivity index (χ2n) is 14.1.